The summed E-state index contributed by atoms with van der Waals surface area (Å²) in [6.45, 7) is 0. The Labute approximate surface area is 185 Å². The third-order valence-electron chi connectivity index (χ3n) is 5.30. The van der Waals surface area contributed by atoms with E-state index < -0.39 is 0 Å². The zero-order valence-corrected chi connectivity index (χ0v) is 17.6. The summed E-state index contributed by atoms with van der Waals surface area (Å²) in [5.41, 5.74) is 4.09. The van der Waals surface area contributed by atoms with Gasteiger partial charge in [-0.15, -0.1) is 0 Å². The van der Waals surface area contributed by atoms with Gasteiger partial charge in [0.25, 0.3) is 0 Å². The van der Waals surface area contributed by atoms with E-state index >= 15 is 0 Å². The smallest absolute Gasteiger partial charge is 0.174 e. The molecule has 2 aromatic heterocycles. The fourth-order valence-corrected chi connectivity index (χ4v) is 4.55. The van der Waals surface area contributed by atoms with Crippen molar-refractivity contribution in [3.8, 4) is 5.69 Å². The second-order valence-corrected chi connectivity index (χ2v) is 7.94. The van der Waals surface area contributed by atoms with Gasteiger partial charge in [-0.2, -0.15) is 0 Å². The van der Waals surface area contributed by atoms with Crippen LogP contribution in [0.2, 0.25) is 5.02 Å². The van der Waals surface area contributed by atoms with Crippen LogP contribution in [0, 0.1) is 0 Å². The summed E-state index contributed by atoms with van der Waals surface area (Å²) in [6.07, 6.45) is 3.87. The summed E-state index contributed by atoms with van der Waals surface area (Å²) in [4.78, 5) is 6.79. The lowest BCUT2D eigenvalue weighted by molar-refractivity contribution is 0.549. The molecule has 2 atom stereocenters. The van der Waals surface area contributed by atoms with Gasteiger partial charge >= 0.3 is 0 Å². The largest absolute Gasteiger partial charge is 0.351 e. The van der Waals surface area contributed by atoms with Gasteiger partial charge in [-0.25, -0.2) is 0 Å². The molecule has 1 aliphatic heterocycles. The first kappa shape index (κ1) is 18.9. The molecule has 0 unspecified atom stereocenters. The van der Waals surface area contributed by atoms with Crippen LogP contribution in [0.15, 0.2) is 97.3 Å². The molecule has 6 heteroatoms. The predicted octanol–water partition coefficient (Wildman–Crippen LogP) is 5.70. The van der Waals surface area contributed by atoms with Crippen molar-refractivity contribution in [1.29, 1.82) is 0 Å². The van der Waals surface area contributed by atoms with E-state index in [0.29, 0.717) is 10.1 Å². The molecule has 2 aromatic carbocycles. The molecule has 1 saturated heterocycles. The van der Waals surface area contributed by atoms with E-state index in [0.717, 1.165) is 22.8 Å². The minimum atomic E-state index is -0.0910. The van der Waals surface area contributed by atoms with Gasteiger partial charge in [-0.1, -0.05) is 41.9 Å². The first-order valence-electron chi connectivity index (χ1n) is 9.71. The first-order chi connectivity index (χ1) is 14.7. The van der Waals surface area contributed by atoms with Crippen molar-refractivity contribution in [3.63, 3.8) is 0 Å². The third-order valence-corrected chi connectivity index (χ3v) is 5.85. The van der Waals surface area contributed by atoms with Crippen molar-refractivity contribution in [1.82, 2.24) is 14.9 Å². The molecule has 4 nitrogen and oxygen atoms in total. The molecule has 1 fully saturated rings. The van der Waals surface area contributed by atoms with E-state index in [1.807, 2.05) is 60.8 Å². The lowest BCUT2D eigenvalue weighted by Gasteiger charge is -2.29. The molecule has 0 spiro atoms. The van der Waals surface area contributed by atoms with Crippen LogP contribution in [0.4, 0.5) is 5.69 Å². The maximum atomic E-state index is 6.28. The van der Waals surface area contributed by atoms with Crippen LogP contribution in [0.25, 0.3) is 5.69 Å². The van der Waals surface area contributed by atoms with Crippen LogP contribution in [0.5, 0.6) is 0 Å². The zero-order valence-electron chi connectivity index (χ0n) is 16.0. The Kier molecular flexibility index (Phi) is 4.99. The van der Waals surface area contributed by atoms with Crippen LogP contribution in [-0.2, 0) is 0 Å². The summed E-state index contributed by atoms with van der Waals surface area (Å²) in [5.74, 6) is 0. The summed E-state index contributed by atoms with van der Waals surface area (Å²) in [7, 11) is 0. The summed E-state index contributed by atoms with van der Waals surface area (Å²) in [5, 5.41) is 4.89. The number of nitrogens with one attached hydrogen (secondary N) is 1. The second-order valence-electron chi connectivity index (χ2n) is 7.12. The molecule has 3 heterocycles. The van der Waals surface area contributed by atoms with E-state index in [2.05, 4.69) is 56.3 Å². The fourth-order valence-electron chi connectivity index (χ4n) is 4.02. The molecule has 1 aliphatic rings. The second kappa shape index (κ2) is 7.94. The molecule has 0 amide bonds. The lowest BCUT2D eigenvalue weighted by Crippen LogP contribution is -2.30. The number of rotatable bonds is 4. The van der Waals surface area contributed by atoms with Gasteiger partial charge in [-0.05, 0) is 66.8 Å². The third kappa shape index (κ3) is 3.36. The number of halogens is 1. The van der Waals surface area contributed by atoms with Gasteiger partial charge in [0.05, 0.1) is 11.7 Å². The molecule has 0 saturated carbocycles. The molecule has 1 N–H and O–H groups in total. The Bertz CT molecular complexity index is 1180. The van der Waals surface area contributed by atoms with Crippen molar-refractivity contribution in [3.05, 3.63) is 114 Å². The maximum absolute atomic E-state index is 6.28. The molecule has 0 radical (unpaired) electrons. The highest BCUT2D eigenvalue weighted by atomic mass is 35.5. The predicted molar refractivity (Wildman–Crippen MR) is 125 cm³/mol. The molecule has 0 bridgehead atoms. The van der Waals surface area contributed by atoms with Crippen LogP contribution in [0.3, 0.4) is 0 Å². The van der Waals surface area contributed by atoms with E-state index in [4.69, 9.17) is 23.8 Å². The standard InChI is InChI=1S/C24H19ClN4S/c25-17-8-6-11-19(16-17)28-15-7-13-21(28)23-22(20-12-4-5-14-26-20)27-24(30)29(23)18-9-2-1-3-10-18/h1-16,22-23H,(H,27,30)/t22-,23+/m1/s1. The number of hydrogen-bond donors (Lipinski definition) is 1. The average molecular weight is 431 g/mol. The molecular weight excluding hydrogens is 412 g/mol. The fraction of sp³-hybridized carbons (Fsp3) is 0.0833. The topological polar surface area (TPSA) is 33.1 Å². The Balaban J connectivity index is 1.67. The van der Waals surface area contributed by atoms with Crippen molar-refractivity contribution in [2.24, 2.45) is 0 Å². The molecule has 5 rings (SSSR count). The number of nitrogens with zero attached hydrogens (tertiary/aromatic N) is 3. The quantitative estimate of drug-likeness (QED) is 0.421. The SMILES string of the molecule is S=C1N[C@H](c2ccccn2)[C@H](c2cccn2-c2cccc(Cl)c2)N1c1ccccc1. The molecule has 30 heavy (non-hydrogen) atoms. The van der Waals surface area contributed by atoms with E-state index in [9.17, 15) is 0 Å². The van der Waals surface area contributed by atoms with E-state index in [-0.39, 0.29) is 12.1 Å². The minimum absolute atomic E-state index is 0.0798. The maximum Gasteiger partial charge on any atom is 0.174 e. The lowest BCUT2D eigenvalue weighted by atomic mass is 10.0. The number of pyridine rings is 1. The Morgan fingerprint density at radius 2 is 1.67 bits per heavy atom. The summed E-state index contributed by atoms with van der Waals surface area (Å²) >= 11 is 12.1. The molecule has 148 valence electrons. The highest BCUT2D eigenvalue weighted by molar-refractivity contribution is 7.80. The summed E-state index contributed by atoms with van der Waals surface area (Å²) < 4.78 is 2.16. The van der Waals surface area contributed by atoms with Crippen molar-refractivity contribution in [2.45, 2.75) is 12.1 Å². The Morgan fingerprint density at radius 3 is 2.43 bits per heavy atom. The number of hydrogen-bond acceptors (Lipinski definition) is 2. The van der Waals surface area contributed by atoms with E-state index in [1.165, 1.54) is 0 Å². The highest BCUT2D eigenvalue weighted by Crippen LogP contribution is 2.42. The number of benzene rings is 2. The number of para-hydroxylation sites is 1. The number of thiocarbonyl (C=S) groups is 1. The van der Waals surface area contributed by atoms with Gasteiger partial charge in [-0.3, -0.25) is 4.98 Å². The monoisotopic (exact) mass is 430 g/mol. The molecule has 0 aliphatic carbocycles. The zero-order chi connectivity index (χ0) is 20.5. The van der Waals surface area contributed by atoms with Gasteiger partial charge < -0.3 is 14.8 Å². The van der Waals surface area contributed by atoms with Gasteiger partial charge in [0.15, 0.2) is 5.11 Å². The number of anilines is 1. The van der Waals surface area contributed by atoms with Crippen molar-refractivity contribution < 1.29 is 0 Å². The van der Waals surface area contributed by atoms with Crippen molar-refractivity contribution in [2.75, 3.05) is 4.90 Å². The minimum Gasteiger partial charge on any atom is -0.351 e. The number of aromatic nitrogens is 2. The Hall–Kier alpha value is -3.15. The van der Waals surface area contributed by atoms with Gasteiger partial charge in [0, 0.05) is 34.5 Å². The highest BCUT2D eigenvalue weighted by Gasteiger charge is 2.42. The van der Waals surface area contributed by atoms with Crippen molar-refractivity contribution >= 4 is 34.6 Å². The molecule has 4 aromatic rings. The molecular formula is C24H19ClN4S. The normalized spacial score (nSPS) is 18.4. The van der Waals surface area contributed by atoms with Gasteiger partial charge in [0.2, 0.25) is 0 Å². The van der Waals surface area contributed by atoms with Gasteiger partial charge in [0.1, 0.15) is 6.04 Å². The Morgan fingerprint density at radius 1 is 0.867 bits per heavy atom. The van der Waals surface area contributed by atoms with Crippen LogP contribution < -0.4 is 10.2 Å². The van der Waals surface area contributed by atoms with Crippen LogP contribution >= 0.6 is 23.8 Å². The van der Waals surface area contributed by atoms with E-state index in [1.54, 1.807) is 0 Å². The van der Waals surface area contributed by atoms with Crippen LogP contribution in [0.1, 0.15) is 23.5 Å². The van der Waals surface area contributed by atoms with Crippen LogP contribution in [-0.4, -0.2) is 14.7 Å². The first-order valence-corrected chi connectivity index (χ1v) is 10.5. The summed E-state index contributed by atoms with van der Waals surface area (Å²) in [6, 6.07) is 28.1. The average Bonchev–Trinajstić information content (AvgIpc) is 3.39.